The number of Topliss-reactive ketones (excluding diaryl/α,β-unsaturated/α-hetero) is 1. The average molecular weight is 512 g/mol. The minimum Gasteiger partial charge on any atom is -0.298 e. The lowest BCUT2D eigenvalue weighted by molar-refractivity contribution is 0.0972. The first-order valence-electron chi connectivity index (χ1n) is 15.0. The normalized spacial score (nSPS) is 13.4. The Hall–Kier alpha value is -2.71. The first-order valence-corrected chi connectivity index (χ1v) is 15.0. The van der Waals surface area contributed by atoms with Gasteiger partial charge in [0.05, 0.1) is 0 Å². The SMILES string of the molecule is CCCC(CCC)CCC(=O)c1ccc2c(c1)CCN(Cc1ccccc1)CC2.CCc1ccccc1C. The molecule has 0 unspecified atom stereocenters. The van der Waals surface area contributed by atoms with Crippen LogP contribution in [-0.2, 0) is 25.8 Å². The van der Waals surface area contributed by atoms with Gasteiger partial charge in [-0.05, 0) is 72.4 Å². The Morgan fingerprint density at radius 3 is 2.08 bits per heavy atom. The van der Waals surface area contributed by atoms with Gasteiger partial charge in [-0.2, -0.15) is 0 Å². The van der Waals surface area contributed by atoms with Gasteiger partial charge in [-0.15, -0.1) is 0 Å². The molecule has 4 rings (SSSR count). The van der Waals surface area contributed by atoms with E-state index in [9.17, 15) is 4.79 Å². The van der Waals surface area contributed by atoms with Crippen molar-refractivity contribution in [2.75, 3.05) is 13.1 Å². The first-order chi connectivity index (χ1) is 18.5. The Labute approximate surface area is 232 Å². The second-order valence-electron chi connectivity index (χ2n) is 10.9. The van der Waals surface area contributed by atoms with Crippen LogP contribution < -0.4 is 0 Å². The van der Waals surface area contributed by atoms with Crippen molar-refractivity contribution in [2.45, 2.75) is 92.0 Å². The molecule has 0 bridgehead atoms. The summed E-state index contributed by atoms with van der Waals surface area (Å²) in [4.78, 5) is 15.4. The van der Waals surface area contributed by atoms with Gasteiger partial charge in [-0.25, -0.2) is 0 Å². The molecule has 1 aliphatic rings. The lowest BCUT2D eigenvalue weighted by Gasteiger charge is -2.19. The Morgan fingerprint density at radius 2 is 1.45 bits per heavy atom. The predicted octanol–water partition coefficient (Wildman–Crippen LogP) is 9.02. The smallest absolute Gasteiger partial charge is 0.162 e. The first kappa shape index (κ1) is 29.8. The van der Waals surface area contributed by atoms with Crippen LogP contribution >= 0.6 is 0 Å². The van der Waals surface area contributed by atoms with Gasteiger partial charge in [-0.3, -0.25) is 9.69 Å². The fourth-order valence-corrected chi connectivity index (χ4v) is 5.68. The molecule has 1 aliphatic heterocycles. The standard InChI is InChI=1S/C27H37NO.C9H12/c1-3-8-22(9-4-2)12-15-27(29)26-14-13-24-16-18-28(19-17-25(24)20-26)21-23-10-6-5-7-11-23;1-3-9-7-5-4-6-8(9)2/h5-7,10-11,13-14,20,22H,3-4,8-9,12,15-19,21H2,1-2H3;4-7H,3H2,1-2H3. The van der Waals surface area contributed by atoms with Crippen LogP contribution in [0.4, 0.5) is 0 Å². The van der Waals surface area contributed by atoms with E-state index in [1.54, 1.807) is 0 Å². The van der Waals surface area contributed by atoms with E-state index in [-0.39, 0.29) is 0 Å². The minimum absolute atomic E-state index is 0.329. The van der Waals surface area contributed by atoms with Crippen molar-refractivity contribution < 1.29 is 4.79 Å². The Kier molecular flexibility index (Phi) is 12.8. The molecule has 0 aliphatic carbocycles. The summed E-state index contributed by atoms with van der Waals surface area (Å²) in [5.74, 6) is 1.04. The number of nitrogens with zero attached hydrogens (tertiary/aromatic N) is 1. The largest absolute Gasteiger partial charge is 0.298 e. The topological polar surface area (TPSA) is 20.3 Å². The molecule has 38 heavy (non-hydrogen) atoms. The van der Waals surface area contributed by atoms with E-state index >= 15 is 0 Å². The molecule has 0 spiro atoms. The summed E-state index contributed by atoms with van der Waals surface area (Å²) in [5.41, 5.74) is 7.96. The van der Waals surface area contributed by atoms with Crippen LogP contribution in [0.2, 0.25) is 0 Å². The van der Waals surface area contributed by atoms with Crippen LogP contribution in [0.15, 0.2) is 72.8 Å². The second kappa shape index (κ2) is 16.3. The van der Waals surface area contributed by atoms with Crippen molar-refractivity contribution in [3.63, 3.8) is 0 Å². The fraction of sp³-hybridized carbons (Fsp3) is 0.472. The molecule has 0 amide bonds. The van der Waals surface area contributed by atoms with Crippen LogP contribution in [0, 0.1) is 12.8 Å². The van der Waals surface area contributed by atoms with Gasteiger partial charge >= 0.3 is 0 Å². The van der Waals surface area contributed by atoms with Gasteiger partial charge in [0.25, 0.3) is 0 Å². The molecule has 0 saturated heterocycles. The molecule has 3 aromatic rings. The average Bonchev–Trinajstić information content (AvgIpc) is 3.15. The zero-order chi connectivity index (χ0) is 27.2. The van der Waals surface area contributed by atoms with Crippen LogP contribution in [0.25, 0.3) is 0 Å². The van der Waals surface area contributed by atoms with E-state index in [1.807, 2.05) is 0 Å². The zero-order valence-electron chi connectivity index (χ0n) is 24.3. The molecule has 0 aromatic heterocycles. The van der Waals surface area contributed by atoms with E-state index in [0.717, 1.165) is 50.9 Å². The molecule has 0 atom stereocenters. The van der Waals surface area contributed by atoms with Gasteiger partial charge in [0.1, 0.15) is 0 Å². The molecule has 204 valence electrons. The quantitative estimate of drug-likeness (QED) is 0.239. The summed E-state index contributed by atoms with van der Waals surface area (Å²) in [7, 11) is 0. The molecule has 0 N–H and O–H groups in total. The van der Waals surface area contributed by atoms with Crippen molar-refractivity contribution in [1.29, 1.82) is 0 Å². The maximum Gasteiger partial charge on any atom is 0.162 e. The number of ketones is 1. The summed E-state index contributed by atoms with van der Waals surface area (Å²) >= 11 is 0. The third-order valence-corrected chi connectivity index (χ3v) is 7.99. The molecule has 0 radical (unpaired) electrons. The van der Waals surface area contributed by atoms with Crippen molar-refractivity contribution in [1.82, 2.24) is 4.90 Å². The predicted molar refractivity (Wildman–Crippen MR) is 163 cm³/mol. The number of carbonyl (C=O) groups is 1. The van der Waals surface area contributed by atoms with E-state index in [0.29, 0.717) is 18.1 Å². The molecule has 2 nitrogen and oxygen atoms in total. The minimum atomic E-state index is 0.329. The second-order valence-corrected chi connectivity index (χ2v) is 10.9. The van der Waals surface area contributed by atoms with Gasteiger partial charge in [0, 0.05) is 31.6 Å². The van der Waals surface area contributed by atoms with Crippen molar-refractivity contribution >= 4 is 5.78 Å². The lowest BCUT2D eigenvalue weighted by Crippen LogP contribution is -2.25. The van der Waals surface area contributed by atoms with Gasteiger partial charge < -0.3 is 0 Å². The molecular formula is C36H49NO. The van der Waals surface area contributed by atoms with Crippen LogP contribution in [0.3, 0.4) is 0 Å². The molecular weight excluding hydrogens is 462 g/mol. The number of hydrogen-bond donors (Lipinski definition) is 0. The molecule has 1 heterocycles. The fourth-order valence-electron chi connectivity index (χ4n) is 5.68. The van der Waals surface area contributed by atoms with Crippen LogP contribution in [0.1, 0.15) is 97.5 Å². The van der Waals surface area contributed by atoms with E-state index < -0.39 is 0 Å². The summed E-state index contributed by atoms with van der Waals surface area (Å²) in [6, 6.07) is 25.7. The van der Waals surface area contributed by atoms with Gasteiger partial charge in [-0.1, -0.05) is 113 Å². The highest BCUT2D eigenvalue weighted by Crippen LogP contribution is 2.23. The van der Waals surface area contributed by atoms with Crippen molar-refractivity contribution in [3.8, 4) is 0 Å². The van der Waals surface area contributed by atoms with Crippen LogP contribution in [-0.4, -0.2) is 23.8 Å². The number of fused-ring (bicyclic) bond motifs is 1. The highest BCUT2D eigenvalue weighted by atomic mass is 16.1. The van der Waals surface area contributed by atoms with E-state index in [1.165, 1.54) is 53.5 Å². The Balaban J connectivity index is 0.000000375. The molecule has 0 fully saturated rings. The number of benzene rings is 3. The van der Waals surface area contributed by atoms with Crippen molar-refractivity contribution in [3.05, 3.63) is 106 Å². The summed E-state index contributed by atoms with van der Waals surface area (Å²) < 4.78 is 0. The van der Waals surface area contributed by atoms with Crippen molar-refractivity contribution in [2.24, 2.45) is 5.92 Å². The maximum atomic E-state index is 12.8. The molecule has 0 saturated carbocycles. The lowest BCUT2D eigenvalue weighted by atomic mass is 9.90. The third-order valence-electron chi connectivity index (χ3n) is 7.99. The highest BCUT2D eigenvalue weighted by Gasteiger charge is 2.17. The maximum absolute atomic E-state index is 12.8. The molecule has 3 aromatic carbocycles. The van der Waals surface area contributed by atoms with E-state index in [4.69, 9.17) is 0 Å². The van der Waals surface area contributed by atoms with Gasteiger partial charge in [0.2, 0.25) is 0 Å². The number of hydrogen-bond acceptors (Lipinski definition) is 2. The number of rotatable bonds is 11. The monoisotopic (exact) mass is 511 g/mol. The number of aryl methyl sites for hydroxylation is 2. The summed E-state index contributed by atoms with van der Waals surface area (Å²) in [6.45, 7) is 12.0. The molecule has 2 heteroatoms. The zero-order valence-corrected chi connectivity index (χ0v) is 24.3. The Morgan fingerprint density at radius 1 is 0.789 bits per heavy atom. The summed E-state index contributed by atoms with van der Waals surface area (Å²) in [5, 5.41) is 0. The number of carbonyl (C=O) groups excluding carboxylic acids is 1. The Bertz CT molecular complexity index is 1100. The summed E-state index contributed by atoms with van der Waals surface area (Å²) in [6.07, 6.45) is 9.95. The third kappa shape index (κ3) is 9.55. The highest BCUT2D eigenvalue weighted by molar-refractivity contribution is 5.96. The van der Waals surface area contributed by atoms with Crippen LogP contribution in [0.5, 0.6) is 0 Å². The van der Waals surface area contributed by atoms with E-state index in [2.05, 4.69) is 105 Å². The van der Waals surface area contributed by atoms with Gasteiger partial charge in [0.15, 0.2) is 5.78 Å².